The van der Waals surface area contributed by atoms with Crippen molar-refractivity contribution in [3.63, 3.8) is 0 Å². The SMILES string of the molecule is CCCCOCCOc1cccc(C)c1. The number of rotatable bonds is 7. The molecule has 0 amide bonds. The first-order valence-electron chi connectivity index (χ1n) is 5.60. The summed E-state index contributed by atoms with van der Waals surface area (Å²) in [6.07, 6.45) is 2.31. The minimum absolute atomic E-state index is 0.632. The number of unbranched alkanes of at least 4 members (excludes halogenated alkanes) is 1. The van der Waals surface area contributed by atoms with E-state index in [1.54, 1.807) is 0 Å². The molecule has 0 aromatic heterocycles. The molecule has 0 heterocycles. The van der Waals surface area contributed by atoms with Crippen molar-refractivity contribution >= 4 is 0 Å². The van der Waals surface area contributed by atoms with Gasteiger partial charge in [-0.2, -0.15) is 0 Å². The molecule has 2 nitrogen and oxygen atoms in total. The van der Waals surface area contributed by atoms with Gasteiger partial charge in [-0.1, -0.05) is 25.5 Å². The van der Waals surface area contributed by atoms with Crippen LogP contribution in [0.25, 0.3) is 0 Å². The number of hydrogen-bond acceptors (Lipinski definition) is 2. The third kappa shape index (κ3) is 5.43. The van der Waals surface area contributed by atoms with Crippen LogP contribution in [0, 0.1) is 6.92 Å². The van der Waals surface area contributed by atoms with Gasteiger partial charge >= 0.3 is 0 Å². The Kier molecular flexibility index (Phi) is 5.86. The summed E-state index contributed by atoms with van der Waals surface area (Å²) in [6.45, 7) is 6.37. The highest BCUT2D eigenvalue weighted by Gasteiger charge is 1.93. The molecule has 0 unspecified atom stereocenters. The molecule has 1 rings (SSSR count). The maximum absolute atomic E-state index is 5.54. The van der Waals surface area contributed by atoms with Gasteiger partial charge in [0, 0.05) is 6.61 Å². The molecular weight excluding hydrogens is 188 g/mol. The van der Waals surface area contributed by atoms with Crippen molar-refractivity contribution in [2.75, 3.05) is 19.8 Å². The summed E-state index contributed by atoms with van der Waals surface area (Å²) in [5.41, 5.74) is 1.22. The van der Waals surface area contributed by atoms with Crippen LogP contribution >= 0.6 is 0 Å². The van der Waals surface area contributed by atoms with Crippen molar-refractivity contribution in [1.29, 1.82) is 0 Å². The van der Waals surface area contributed by atoms with Crippen LogP contribution in [0.3, 0.4) is 0 Å². The molecule has 0 atom stereocenters. The summed E-state index contributed by atoms with van der Waals surface area (Å²) >= 11 is 0. The Morgan fingerprint density at radius 3 is 2.73 bits per heavy atom. The molecule has 0 spiro atoms. The molecule has 0 aliphatic heterocycles. The fraction of sp³-hybridized carbons (Fsp3) is 0.538. The van der Waals surface area contributed by atoms with E-state index < -0.39 is 0 Å². The van der Waals surface area contributed by atoms with Crippen LogP contribution in [0.2, 0.25) is 0 Å². The fourth-order valence-electron chi connectivity index (χ4n) is 1.27. The molecule has 1 aromatic carbocycles. The second-order valence-electron chi connectivity index (χ2n) is 3.63. The third-order valence-electron chi connectivity index (χ3n) is 2.13. The van der Waals surface area contributed by atoms with E-state index in [0.717, 1.165) is 18.8 Å². The van der Waals surface area contributed by atoms with E-state index in [1.807, 2.05) is 18.2 Å². The second kappa shape index (κ2) is 7.30. The summed E-state index contributed by atoms with van der Waals surface area (Å²) < 4.78 is 10.9. The van der Waals surface area contributed by atoms with E-state index in [0.29, 0.717) is 13.2 Å². The quantitative estimate of drug-likeness (QED) is 0.641. The topological polar surface area (TPSA) is 18.5 Å². The van der Waals surface area contributed by atoms with Crippen LogP contribution in [0.4, 0.5) is 0 Å². The molecule has 0 saturated heterocycles. The van der Waals surface area contributed by atoms with Crippen molar-refractivity contribution < 1.29 is 9.47 Å². The van der Waals surface area contributed by atoms with Crippen LogP contribution in [-0.4, -0.2) is 19.8 Å². The highest BCUT2D eigenvalue weighted by atomic mass is 16.5. The summed E-state index contributed by atoms with van der Waals surface area (Å²) in [6, 6.07) is 8.07. The van der Waals surface area contributed by atoms with Gasteiger partial charge in [0.05, 0.1) is 6.61 Å². The molecule has 15 heavy (non-hydrogen) atoms. The predicted molar refractivity (Wildman–Crippen MR) is 62.4 cm³/mol. The van der Waals surface area contributed by atoms with Crippen molar-refractivity contribution in [2.45, 2.75) is 26.7 Å². The summed E-state index contributed by atoms with van der Waals surface area (Å²) in [5.74, 6) is 0.925. The molecular formula is C13H20O2. The number of ether oxygens (including phenoxy) is 2. The number of aryl methyl sites for hydroxylation is 1. The molecule has 0 N–H and O–H groups in total. The van der Waals surface area contributed by atoms with E-state index in [-0.39, 0.29) is 0 Å². The maximum Gasteiger partial charge on any atom is 0.119 e. The molecule has 0 aliphatic carbocycles. The number of hydrogen-bond donors (Lipinski definition) is 0. The normalized spacial score (nSPS) is 10.3. The van der Waals surface area contributed by atoms with Crippen LogP contribution in [0.15, 0.2) is 24.3 Å². The molecule has 2 heteroatoms. The third-order valence-corrected chi connectivity index (χ3v) is 2.13. The minimum Gasteiger partial charge on any atom is -0.491 e. The zero-order valence-electron chi connectivity index (χ0n) is 9.66. The van der Waals surface area contributed by atoms with E-state index in [9.17, 15) is 0 Å². The first-order valence-corrected chi connectivity index (χ1v) is 5.60. The largest absolute Gasteiger partial charge is 0.491 e. The van der Waals surface area contributed by atoms with Gasteiger partial charge in [0.1, 0.15) is 12.4 Å². The monoisotopic (exact) mass is 208 g/mol. The van der Waals surface area contributed by atoms with Gasteiger partial charge < -0.3 is 9.47 Å². The Hall–Kier alpha value is -1.02. The van der Waals surface area contributed by atoms with Gasteiger partial charge in [0.2, 0.25) is 0 Å². The maximum atomic E-state index is 5.54. The average Bonchev–Trinajstić information content (AvgIpc) is 2.23. The van der Waals surface area contributed by atoms with Crippen molar-refractivity contribution in [3.05, 3.63) is 29.8 Å². The predicted octanol–water partition coefficient (Wildman–Crippen LogP) is 3.19. The van der Waals surface area contributed by atoms with E-state index >= 15 is 0 Å². The van der Waals surface area contributed by atoms with Crippen LogP contribution < -0.4 is 4.74 Å². The van der Waals surface area contributed by atoms with E-state index in [2.05, 4.69) is 19.9 Å². The Bertz CT molecular complexity index is 271. The molecule has 84 valence electrons. The zero-order chi connectivity index (χ0) is 10.9. The van der Waals surface area contributed by atoms with Gasteiger partial charge in [-0.3, -0.25) is 0 Å². The minimum atomic E-state index is 0.632. The molecule has 0 saturated carbocycles. The van der Waals surface area contributed by atoms with E-state index in [4.69, 9.17) is 9.47 Å². The van der Waals surface area contributed by atoms with Crippen molar-refractivity contribution in [1.82, 2.24) is 0 Å². The molecule has 0 fully saturated rings. The Morgan fingerprint density at radius 2 is 2.00 bits per heavy atom. The summed E-state index contributed by atoms with van der Waals surface area (Å²) in [5, 5.41) is 0. The van der Waals surface area contributed by atoms with Crippen molar-refractivity contribution in [3.8, 4) is 5.75 Å². The standard InChI is InChI=1S/C13H20O2/c1-3-4-8-14-9-10-15-13-7-5-6-12(2)11-13/h5-7,11H,3-4,8-10H2,1-2H3. The lowest BCUT2D eigenvalue weighted by Gasteiger charge is -2.07. The Labute approximate surface area is 92.2 Å². The van der Waals surface area contributed by atoms with Gasteiger partial charge in [-0.25, -0.2) is 0 Å². The first kappa shape index (κ1) is 12.1. The van der Waals surface area contributed by atoms with Crippen LogP contribution in [0.1, 0.15) is 25.3 Å². The smallest absolute Gasteiger partial charge is 0.119 e. The summed E-state index contributed by atoms with van der Waals surface area (Å²) in [7, 11) is 0. The Balaban J connectivity index is 2.10. The van der Waals surface area contributed by atoms with E-state index in [1.165, 1.54) is 12.0 Å². The molecule has 0 bridgehead atoms. The highest BCUT2D eigenvalue weighted by Crippen LogP contribution is 2.11. The lowest BCUT2D eigenvalue weighted by molar-refractivity contribution is 0.0980. The highest BCUT2D eigenvalue weighted by molar-refractivity contribution is 5.27. The average molecular weight is 208 g/mol. The number of benzene rings is 1. The lowest BCUT2D eigenvalue weighted by Crippen LogP contribution is -2.07. The van der Waals surface area contributed by atoms with Crippen LogP contribution in [0.5, 0.6) is 5.75 Å². The second-order valence-corrected chi connectivity index (χ2v) is 3.63. The molecule has 1 aromatic rings. The van der Waals surface area contributed by atoms with Gasteiger partial charge in [0.15, 0.2) is 0 Å². The van der Waals surface area contributed by atoms with Crippen molar-refractivity contribution in [2.24, 2.45) is 0 Å². The molecule has 0 radical (unpaired) electrons. The van der Waals surface area contributed by atoms with Gasteiger partial charge in [-0.15, -0.1) is 0 Å². The zero-order valence-corrected chi connectivity index (χ0v) is 9.66. The van der Waals surface area contributed by atoms with Crippen LogP contribution in [-0.2, 0) is 4.74 Å². The first-order chi connectivity index (χ1) is 7.33. The summed E-state index contributed by atoms with van der Waals surface area (Å²) in [4.78, 5) is 0. The molecule has 0 aliphatic rings. The Morgan fingerprint density at radius 1 is 1.13 bits per heavy atom. The van der Waals surface area contributed by atoms with Gasteiger partial charge in [-0.05, 0) is 31.0 Å². The lowest BCUT2D eigenvalue weighted by atomic mass is 10.2. The fourth-order valence-corrected chi connectivity index (χ4v) is 1.27. The van der Waals surface area contributed by atoms with Gasteiger partial charge in [0.25, 0.3) is 0 Å².